The number of piperazine rings is 1. The number of carbonyl (C=O) groups is 1. The Balaban J connectivity index is 1.19. The third-order valence-corrected chi connectivity index (χ3v) is 7.75. The van der Waals surface area contributed by atoms with Crippen molar-refractivity contribution in [1.82, 2.24) is 19.9 Å². The van der Waals surface area contributed by atoms with E-state index in [1.54, 1.807) is 6.20 Å². The predicted molar refractivity (Wildman–Crippen MR) is 157 cm³/mol. The number of amides is 1. The van der Waals surface area contributed by atoms with Crippen LogP contribution in [0.25, 0.3) is 22.0 Å². The molecule has 1 atom stereocenters. The molecule has 5 heterocycles. The normalized spacial score (nSPS) is 17.1. The largest absolute Gasteiger partial charge is 0.381 e. The first-order valence-electron chi connectivity index (χ1n) is 14.0. The van der Waals surface area contributed by atoms with Crippen molar-refractivity contribution in [2.75, 3.05) is 49.6 Å². The van der Waals surface area contributed by atoms with E-state index in [4.69, 9.17) is 15.5 Å². The minimum Gasteiger partial charge on any atom is -0.381 e. The van der Waals surface area contributed by atoms with Crippen molar-refractivity contribution in [3.05, 3.63) is 78.8 Å². The van der Waals surface area contributed by atoms with Crippen LogP contribution in [0, 0.1) is 0 Å². The first kappa shape index (κ1) is 26.2. The van der Waals surface area contributed by atoms with Crippen molar-refractivity contribution >= 4 is 28.3 Å². The zero-order chi connectivity index (χ0) is 27.3. The molecule has 40 heavy (non-hydrogen) atoms. The average molecular weight is 538 g/mol. The first-order valence-corrected chi connectivity index (χ1v) is 14.0. The number of benzene rings is 1. The van der Waals surface area contributed by atoms with Gasteiger partial charge in [0, 0.05) is 80.4 Å². The van der Waals surface area contributed by atoms with Gasteiger partial charge in [0.15, 0.2) is 0 Å². The summed E-state index contributed by atoms with van der Waals surface area (Å²) in [5, 5.41) is 5.64. The lowest BCUT2D eigenvalue weighted by Crippen LogP contribution is -2.53. The zero-order valence-corrected chi connectivity index (χ0v) is 22.6. The Bertz CT molecular complexity index is 1450. The maximum Gasteiger partial charge on any atom is 0.239 e. The van der Waals surface area contributed by atoms with Crippen molar-refractivity contribution < 1.29 is 9.53 Å². The van der Waals surface area contributed by atoms with E-state index in [0.717, 1.165) is 65.3 Å². The van der Waals surface area contributed by atoms with Crippen molar-refractivity contribution in [3.8, 4) is 11.3 Å². The number of hydrogen-bond acceptors (Lipinski definition) is 8. The minimum atomic E-state index is -0.544. The van der Waals surface area contributed by atoms with Crippen LogP contribution in [0.15, 0.2) is 73.2 Å². The van der Waals surface area contributed by atoms with E-state index in [1.165, 1.54) is 0 Å². The Morgan fingerprint density at radius 1 is 1.02 bits per heavy atom. The summed E-state index contributed by atoms with van der Waals surface area (Å²) in [6.45, 7) is 4.13. The van der Waals surface area contributed by atoms with Gasteiger partial charge in [-0.15, -0.1) is 0 Å². The molecule has 2 aliphatic heterocycles. The van der Waals surface area contributed by atoms with Gasteiger partial charge in [-0.3, -0.25) is 9.78 Å². The summed E-state index contributed by atoms with van der Waals surface area (Å²) >= 11 is 0. The predicted octanol–water partition coefficient (Wildman–Crippen LogP) is 3.50. The maximum absolute atomic E-state index is 13.1. The number of hydrogen-bond donors (Lipinski definition) is 2. The molecule has 0 spiro atoms. The molecule has 206 valence electrons. The molecule has 3 aromatic heterocycles. The summed E-state index contributed by atoms with van der Waals surface area (Å²) < 4.78 is 5.49. The highest BCUT2D eigenvalue weighted by atomic mass is 16.5. The molecule has 2 aliphatic rings. The Hall–Kier alpha value is -4.08. The van der Waals surface area contributed by atoms with E-state index in [1.807, 2.05) is 59.8 Å². The van der Waals surface area contributed by atoms with Gasteiger partial charge in [0.2, 0.25) is 5.91 Å². The number of fused-ring (bicyclic) bond motifs is 1. The van der Waals surface area contributed by atoms with Gasteiger partial charge < -0.3 is 25.6 Å². The highest BCUT2D eigenvalue weighted by molar-refractivity contribution is 5.94. The molecule has 9 nitrogen and oxygen atoms in total. The molecular weight excluding hydrogens is 502 g/mol. The maximum atomic E-state index is 13.1. The van der Waals surface area contributed by atoms with E-state index < -0.39 is 6.04 Å². The zero-order valence-electron chi connectivity index (χ0n) is 22.6. The van der Waals surface area contributed by atoms with Crippen LogP contribution in [-0.2, 0) is 16.0 Å². The van der Waals surface area contributed by atoms with Crippen LogP contribution in [0.1, 0.15) is 18.4 Å². The fraction of sp³-hybridized carbons (Fsp3) is 0.355. The fourth-order valence-corrected chi connectivity index (χ4v) is 5.52. The fourth-order valence-electron chi connectivity index (χ4n) is 5.52. The van der Waals surface area contributed by atoms with Crippen molar-refractivity contribution in [2.24, 2.45) is 5.73 Å². The summed E-state index contributed by atoms with van der Waals surface area (Å²) in [6, 6.07) is 17.9. The van der Waals surface area contributed by atoms with Crippen molar-refractivity contribution in [1.29, 1.82) is 0 Å². The Morgan fingerprint density at radius 3 is 2.62 bits per heavy atom. The first-order chi connectivity index (χ1) is 19.6. The molecule has 0 unspecified atom stereocenters. The molecule has 9 heteroatoms. The quantitative estimate of drug-likeness (QED) is 0.369. The third-order valence-electron chi connectivity index (χ3n) is 7.75. The molecule has 0 bridgehead atoms. The monoisotopic (exact) mass is 537 g/mol. The van der Waals surface area contributed by atoms with Gasteiger partial charge in [0.05, 0.1) is 11.7 Å². The van der Waals surface area contributed by atoms with E-state index in [2.05, 4.69) is 32.3 Å². The highest BCUT2D eigenvalue weighted by Gasteiger charge is 2.27. The minimum absolute atomic E-state index is 0.000569. The molecule has 1 amide bonds. The lowest BCUT2D eigenvalue weighted by molar-refractivity contribution is -0.132. The van der Waals surface area contributed by atoms with E-state index in [-0.39, 0.29) is 5.91 Å². The lowest BCUT2D eigenvalue weighted by Gasteiger charge is -2.37. The highest BCUT2D eigenvalue weighted by Crippen LogP contribution is 2.31. The summed E-state index contributed by atoms with van der Waals surface area (Å²) in [5.41, 5.74) is 9.26. The van der Waals surface area contributed by atoms with Crippen LogP contribution < -0.4 is 16.0 Å². The van der Waals surface area contributed by atoms with E-state index in [9.17, 15) is 4.79 Å². The molecule has 0 aliphatic carbocycles. The second-order valence-corrected chi connectivity index (χ2v) is 10.5. The number of anilines is 2. The second kappa shape index (κ2) is 12.0. The van der Waals surface area contributed by atoms with Crippen LogP contribution in [0.4, 0.5) is 11.6 Å². The summed E-state index contributed by atoms with van der Waals surface area (Å²) in [4.78, 5) is 31.3. The number of nitrogens with two attached hydrogens (primary N) is 1. The SMILES string of the molecule is N[C@@H](Cc1ccccc1)C(=O)N1CCN(c2nc(-c3ccnc(NC4CCOCC4)c3)cc3cnccc23)CC1. The van der Waals surface area contributed by atoms with Crippen LogP contribution in [0.3, 0.4) is 0 Å². The van der Waals surface area contributed by atoms with E-state index in [0.29, 0.717) is 38.6 Å². The number of pyridine rings is 3. The van der Waals surface area contributed by atoms with Crippen molar-refractivity contribution in [2.45, 2.75) is 31.3 Å². The topological polar surface area (TPSA) is 110 Å². The molecule has 1 aromatic carbocycles. The molecule has 3 N–H and O–H groups in total. The van der Waals surface area contributed by atoms with Crippen LogP contribution in [0.5, 0.6) is 0 Å². The average Bonchev–Trinajstić information content (AvgIpc) is 3.01. The Kier molecular flexibility index (Phi) is 7.83. The summed E-state index contributed by atoms with van der Waals surface area (Å²) in [5.74, 6) is 1.75. The standard InChI is InChI=1S/C31H35N7O2/c32-27(18-22-4-2-1-3-5-22)31(39)38-14-12-37(13-15-38)30-26-7-10-33-21-24(26)19-28(36-30)23-6-11-34-29(20-23)35-25-8-16-40-17-9-25/h1-7,10-11,19-21,25,27H,8-9,12-18,32H2,(H,34,35)/t27-/m0/s1. The number of nitrogens with zero attached hydrogens (tertiary/aromatic N) is 5. The van der Waals surface area contributed by atoms with E-state index >= 15 is 0 Å². The number of carbonyl (C=O) groups excluding carboxylic acids is 1. The van der Waals surface area contributed by atoms with Gasteiger partial charge in [0.25, 0.3) is 0 Å². The Labute approximate surface area is 234 Å². The van der Waals surface area contributed by atoms with Gasteiger partial charge in [-0.05, 0) is 49.1 Å². The second-order valence-electron chi connectivity index (χ2n) is 10.5. The van der Waals surface area contributed by atoms with Crippen LogP contribution in [-0.4, -0.2) is 77.2 Å². The van der Waals surface area contributed by atoms with Crippen LogP contribution >= 0.6 is 0 Å². The number of rotatable bonds is 7. The molecule has 6 rings (SSSR count). The van der Waals surface area contributed by atoms with Gasteiger partial charge in [-0.1, -0.05) is 30.3 Å². The molecule has 0 saturated carbocycles. The smallest absolute Gasteiger partial charge is 0.239 e. The molecular formula is C31H35N7O2. The number of nitrogens with one attached hydrogen (secondary N) is 1. The van der Waals surface area contributed by atoms with Gasteiger partial charge in [-0.25, -0.2) is 9.97 Å². The molecule has 2 saturated heterocycles. The van der Waals surface area contributed by atoms with Gasteiger partial charge in [0.1, 0.15) is 11.6 Å². The molecule has 0 radical (unpaired) electrons. The summed E-state index contributed by atoms with van der Waals surface area (Å²) in [6.07, 6.45) is 8.00. The van der Waals surface area contributed by atoms with Gasteiger partial charge >= 0.3 is 0 Å². The number of ether oxygens (including phenoxy) is 1. The Morgan fingerprint density at radius 2 is 1.82 bits per heavy atom. The third kappa shape index (κ3) is 5.90. The van der Waals surface area contributed by atoms with Crippen LogP contribution in [0.2, 0.25) is 0 Å². The lowest BCUT2D eigenvalue weighted by atomic mass is 10.1. The van der Waals surface area contributed by atoms with Gasteiger partial charge in [-0.2, -0.15) is 0 Å². The molecule has 2 fully saturated rings. The molecule has 4 aromatic rings. The van der Waals surface area contributed by atoms with Crippen molar-refractivity contribution in [3.63, 3.8) is 0 Å². The summed E-state index contributed by atoms with van der Waals surface area (Å²) in [7, 11) is 0. The number of aromatic nitrogens is 3.